The minimum Gasteiger partial charge on any atom is -0.386 e. The largest absolute Gasteiger partial charge is 0.386 e. The lowest BCUT2D eigenvalue weighted by Gasteiger charge is -2.24. The number of aromatic amines is 1. The number of aliphatic hydroxyl groups excluding tert-OH is 1. The van der Waals surface area contributed by atoms with Gasteiger partial charge in [0, 0.05) is 37.2 Å². The van der Waals surface area contributed by atoms with Crippen LogP contribution < -0.4 is 16.4 Å². The fourth-order valence-corrected chi connectivity index (χ4v) is 6.65. The predicted octanol–water partition coefficient (Wildman–Crippen LogP) is 2.25. The molecule has 1 saturated heterocycles. The summed E-state index contributed by atoms with van der Waals surface area (Å²) in [5, 5.41) is 13.7. The van der Waals surface area contributed by atoms with E-state index in [1.165, 1.54) is 23.8 Å². The number of nitrogens with two attached hydrogens (primary N) is 1. The lowest BCUT2D eigenvalue weighted by atomic mass is 10.1. The Morgan fingerprint density at radius 2 is 2.27 bits per heavy atom. The van der Waals surface area contributed by atoms with Gasteiger partial charge in [-0.2, -0.15) is 4.98 Å². The SMILES string of the molecule is CC(=O)[C@H](C)CP(=O)(NCc1cccnc1)OC[C@H]1O[C@@H](n2ccc3c(=O)[nH]c(N)nc32)[C@@](F)(Br)C1O. The van der Waals surface area contributed by atoms with Crippen molar-refractivity contribution in [2.75, 3.05) is 18.5 Å². The first-order chi connectivity index (χ1) is 17.4. The quantitative estimate of drug-likeness (QED) is 0.199. The van der Waals surface area contributed by atoms with Gasteiger partial charge in [-0.05, 0) is 40.5 Å². The number of pyridine rings is 1. The molecule has 37 heavy (non-hydrogen) atoms. The van der Waals surface area contributed by atoms with Crippen molar-refractivity contribution < 1.29 is 28.1 Å². The van der Waals surface area contributed by atoms with Crippen LogP contribution in [0.1, 0.15) is 25.6 Å². The number of anilines is 1. The van der Waals surface area contributed by atoms with Gasteiger partial charge in [0.2, 0.25) is 10.5 Å². The predicted molar refractivity (Wildman–Crippen MR) is 137 cm³/mol. The van der Waals surface area contributed by atoms with Crippen molar-refractivity contribution in [2.45, 2.75) is 43.4 Å². The van der Waals surface area contributed by atoms with Crippen LogP contribution >= 0.6 is 23.4 Å². The van der Waals surface area contributed by atoms with Crippen LogP contribution in [0.25, 0.3) is 11.0 Å². The average molecular weight is 601 g/mol. The molecule has 0 amide bonds. The van der Waals surface area contributed by atoms with Crippen LogP contribution in [0.4, 0.5) is 10.3 Å². The highest BCUT2D eigenvalue weighted by Gasteiger charge is 2.57. The molecular formula is C22H27BrFN6O6P. The Bertz CT molecular complexity index is 1380. The monoisotopic (exact) mass is 600 g/mol. The molecule has 1 fully saturated rings. The highest BCUT2D eigenvalue weighted by Crippen LogP contribution is 2.50. The summed E-state index contributed by atoms with van der Waals surface area (Å²) in [6, 6.07) is 4.92. The Morgan fingerprint density at radius 1 is 1.51 bits per heavy atom. The number of nitrogens with one attached hydrogen (secondary N) is 2. The summed E-state index contributed by atoms with van der Waals surface area (Å²) >= 11 is 2.90. The zero-order valence-corrected chi connectivity index (χ0v) is 22.5. The Kier molecular flexibility index (Phi) is 7.98. The third-order valence-corrected chi connectivity index (χ3v) is 9.23. The summed E-state index contributed by atoms with van der Waals surface area (Å²) in [5.74, 6) is -0.921. The topological polar surface area (TPSA) is 174 Å². The number of hydrogen-bond donors (Lipinski definition) is 4. The van der Waals surface area contributed by atoms with Gasteiger partial charge in [0.25, 0.3) is 13.1 Å². The molecule has 5 N–H and O–H groups in total. The Labute approximate surface area is 219 Å². The summed E-state index contributed by atoms with van der Waals surface area (Å²) < 4.78 is 39.6. The molecule has 3 aromatic heterocycles. The fraction of sp³-hybridized carbons (Fsp3) is 0.455. The number of hydrogen-bond acceptors (Lipinski definition) is 9. The number of ketones is 1. The van der Waals surface area contributed by atoms with E-state index in [1.807, 2.05) is 0 Å². The molecule has 3 aromatic rings. The summed E-state index contributed by atoms with van der Waals surface area (Å²) in [6.07, 6.45) is 0.00913. The van der Waals surface area contributed by atoms with E-state index in [9.17, 15) is 19.3 Å². The van der Waals surface area contributed by atoms with E-state index >= 15 is 4.39 Å². The van der Waals surface area contributed by atoms with Gasteiger partial charge in [0.15, 0.2) is 11.9 Å². The summed E-state index contributed by atoms with van der Waals surface area (Å²) in [6.45, 7) is 2.71. The lowest BCUT2D eigenvalue weighted by molar-refractivity contribution is -0.119. The molecule has 12 nitrogen and oxygen atoms in total. The van der Waals surface area contributed by atoms with Crippen LogP contribution in [0.2, 0.25) is 0 Å². The number of carbonyl (C=O) groups excluding carboxylic acids is 1. The van der Waals surface area contributed by atoms with Crippen molar-refractivity contribution >= 4 is 46.2 Å². The van der Waals surface area contributed by atoms with Crippen LogP contribution in [0, 0.1) is 5.92 Å². The summed E-state index contributed by atoms with van der Waals surface area (Å²) in [7, 11) is -3.66. The van der Waals surface area contributed by atoms with Crippen LogP contribution in [0.3, 0.4) is 0 Å². The summed E-state index contributed by atoms with van der Waals surface area (Å²) in [5.41, 5.74) is 5.92. The van der Waals surface area contributed by atoms with Gasteiger partial charge >= 0.3 is 0 Å². The molecule has 0 spiro atoms. The Balaban J connectivity index is 1.54. The molecule has 15 heteroatoms. The number of aromatic nitrogens is 4. The van der Waals surface area contributed by atoms with Crippen molar-refractivity contribution in [3.05, 3.63) is 52.7 Å². The number of nitrogen functional groups attached to an aromatic ring is 1. The highest BCUT2D eigenvalue weighted by atomic mass is 79.9. The van der Waals surface area contributed by atoms with Crippen LogP contribution in [-0.2, 0) is 25.2 Å². The van der Waals surface area contributed by atoms with Gasteiger partial charge in [-0.1, -0.05) is 13.0 Å². The van der Waals surface area contributed by atoms with Crippen molar-refractivity contribution in [3.63, 3.8) is 0 Å². The molecule has 6 atom stereocenters. The minimum atomic E-state index is -3.66. The van der Waals surface area contributed by atoms with E-state index in [4.69, 9.17) is 15.0 Å². The first kappa shape index (κ1) is 27.6. The van der Waals surface area contributed by atoms with Crippen molar-refractivity contribution in [2.24, 2.45) is 5.92 Å². The second-order valence-corrected chi connectivity index (χ2v) is 12.4. The van der Waals surface area contributed by atoms with Gasteiger partial charge in [-0.25, -0.2) is 9.48 Å². The van der Waals surface area contributed by atoms with E-state index in [1.54, 1.807) is 31.5 Å². The molecule has 4 rings (SSSR count). The van der Waals surface area contributed by atoms with Gasteiger partial charge < -0.3 is 24.7 Å². The Morgan fingerprint density at radius 3 is 2.95 bits per heavy atom. The summed E-state index contributed by atoms with van der Waals surface area (Å²) in [4.78, 5) is 34.4. The minimum absolute atomic E-state index is 0.0561. The lowest BCUT2D eigenvalue weighted by Crippen LogP contribution is -2.38. The van der Waals surface area contributed by atoms with Crippen molar-refractivity contribution in [3.8, 4) is 0 Å². The molecule has 0 saturated carbocycles. The number of H-pyrrole nitrogens is 1. The number of rotatable bonds is 10. The molecule has 0 radical (unpaired) electrons. The van der Waals surface area contributed by atoms with Gasteiger partial charge in [0.1, 0.15) is 18.0 Å². The zero-order chi connectivity index (χ0) is 27.0. The van der Waals surface area contributed by atoms with Crippen LogP contribution in [-0.4, -0.2) is 60.0 Å². The first-order valence-electron chi connectivity index (χ1n) is 11.4. The molecule has 4 heterocycles. The van der Waals surface area contributed by atoms with E-state index in [2.05, 4.69) is 36.0 Å². The molecule has 0 aromatic carbocycles. The number of halogens is 2. The standard InChI is InChI=1S/C22H27BrFN6O6P/c1-12(13(2)31)11-37(34,27-9-14-4-3-6-26-8-14)35-10-16-17(32)22(23,24)20(36-16)30-7-5-15-18(30)28-21(25)29-19(15)33/h3-8,12,16-17,20,32H,9-11H2,1-2H3,(H,27,34)(H3,25,28,29,33)/t12-,16-,17?,20-,22-,37?/m1/s1. The number of aliphatic hydroxyl groups is 1. The maximum absolute atomic E-state index is 15.7. The van der Waals surface area contributed by atoms with E-state index in [0.29, 0.717) is 0 Å². The zero-order valence-electron chi connectivity index (χ0n) is 20.0. The number of carbonyl (C=O) groups is 1. The van der Waals surface area contributed by atoms with Crippen LogP contribution in [0.5, 0.6) is 0 Å². The van der Waals surface area contributed by atoms with Crippen molar-refractivity contribution in [1.82, 2.24) is 24.6 Å². The molecule has 0 bridgehead atoms. The first-order valence-corrected chi connectivity index (χ1v) is 14.0. The van der Waals surface area contributed by atoms with Gasteiger partial charge in [-0.3, -0.25) is 24.1 Å². The number of nitrogens with zero attached hydrogens (tertiary/aromatic N) is 3. The second kappa shape index (κ2) is 10.7. The van der Waals surface area contributed by atoms with E-state index < -0.39 is 48.6 Å². The number of ether oxygens (including phenoxy) is 1. The number of Topliss-reactive ketones (excluding diaryl/α,β-unsaturated/α-hetero) is 1. The van der Waals surface area contributed by atoms with Crippen molar-refractivity contribution in [1.29, 1.82) is 0 Å². The molecular weight excluding hydrogens is 574 g/mol. The molecule has 200 valence electrons. The highest BCUT2D eigenvalue weighted by molar-refractivity contribution is 9.10. The smallest absolute Gasteiger partial charge is 0.270 e. The van der Waals surface area contributed by atoms with E-state index in [-0.39, 0.29) is 35.5 Å². The maximum Gasteiger partial charge on any atom is 0.270 e. The van der Waals surface area contributed by atoms with Crippen LogP contribution in [0.15, 0.2) is 41.6 Å². The third-order valence-electron chi connectivity index (χ3n) is 6.13. The molecule has 1 aliphatic heterocycles. The normalized spacial score (nSPS) is 26.2. The average Bonchev–Trinajstić information content (AvgIpc) is 3.35. The fourth-order valence-electron chi connectivity index (χ4n) is 3.92. The molecule has 0 aliphatic carbocycles. The van der Waals surface area contributed by atoms with Gasteiger partial charge in [-0.15, -0.1) is 0 Å². The number of fused-ring (bicyclic) bond motifs is 1. The van der Waals surface area contributed by atoms with E-state index in [0.717, 1.165) is 5.56 Å². The second-order valence-electron chi connectivity index (χ2n) is 8.92. The number of alkyl halides is 2. The molecule has 1 aliphatic rings. The van der Waals surface area contributed by atoms with Gasteiger partial charge in [0.05, 0.1) is 12.0 Å². The molecule has 2 unspecified atom stereocenters. The third kappa shape index (κ3) is 5.84. The Hall–Kier alpha value is -2.48. The maximum atomic E-state index is 15.7.